The number of anilines is 2. The van der Waals surface area contributed by atoms with Gasteiger partial charge in [0, 0.05) is 25.0 Å². The highest BCUT2D eigenvalue weighted by atomic mass is 35.9. The number of hydrogen-bond acceptors (Lipinski definition) is 6. The fraction of sp³-hybridized carbons (Fsp3) is 0.200. The van der Waals surface area contributed by atoms with E-state index >= 15 is 0 Å². The number of Topliss-reactive ketones (excluding diaryl/α,β-unsaturated/α-hetero) is 1. The van der Waals surface area contributed by atoms with Gasteiger partial charge >= 0.3 is 0 Å². The van der Waals surface area contributed by atoms with Gasteiger partial charge in [0.25, 0.3) is 5.85 Å². The highest BCUT2D eigenvalue weighted by Crippen LogP contribution is 2.58. The van der Waals surface area contributed by atoms with Crippen molar-refractivity contribution in [2.24, 2.45) is 0 Å². The van der Waals surface area contributed by atoms with Gasteiger partial charge in [0.05, 0.1) is 23.6 Å². The van der Waals surface area contributed by atoms with Gasteiger partial charge in [0.15, 0.2) is 5.78 Å². The van der Waals surface area contributed by atoms with Crippen LogP contribution in [0.5, 0.6) is 0 Å². The first kappa shape index (κ1) is 17.9. The molecule has 7 nitrogen and oxygen atoms in total. The molecule has 0 radical (unpaired) electrons. The minimum Gasteiger partial charge on any atom is -0.342 e. The summed E-state index contributed by atoms with van der Waals surface area (Å²) in [6.07, 6.45) is 4.66. The van der Waals surface area contributed by atoms with Crippen molar-refractivity contribution in [2.45, 2.75) is 13.2 Å². The van der Waals surface area contributed by atoms with Crippen LogP contribution in [0.15, 0.2) is 36.9 Å². The third-order valence-electron chi connectivity index (χ3n) is 3.69. The maximum absolute atomic E-state index is 11.9. The summed E-state index contributed by atoms with van der Waals surface area (Å²) in [5.41, 5.74) is 2.53. The van der Waals surface area contributed by atoms with E-state index in [4.69, 9.17) is 22.5 Å². The molecule has 0 N–H and O–H groups in total. The number of halogens is 2. The topological polar surface area (TPSA) is 81.0 Å². The number of aromatic nitrogens is 4. The van der Waals surface area contributed by atoms with Crippen molar-refractivity contribution in [3.63, 3.8) is 0 Å². The largest absolute Gasteiger partial charge is 0.342 e. The van der Waals surface area contributed by atoms with Crippen LogP contribution < -0.4 is 4.90 Å². The Balaban J connectivity index is 2.12. The molecule has 0 bridgehead atoms. The van der Waals surface area contributed by atoms with Gasteiger partial charge in [-0.1, -0.05) is 0 Å². The number of fused-ring (bicyclic) bond motifs is 1. The number of carbonyl (C=O) groups is 1. The summed E-state index contributed by atoms with van der Waals surface area (Å²) in [4.78, 5) is 21.8. The molecule has 25 heavy (non-hydrogen) atoms. The molecule has 3 aromatic rings. The van der Waals surface area contributed by atoms with Gasteiger partial charge in [-0.15, -0.1) is 0 Å². The van der Waals surface area contributed by atoms with Crippen LogP contribution in [-0.2, 0) is 10.9 Å². The molecule has 0 aliphatic rings. The smallest absolute Gasteiger partial charge is 0.273 e. The average Bonchev–Trinajstić information content (AvgIpc) is 2.91. The van der Waals surface area contributed by atoms with Gasteiger partial charge in [0.2, 0.25) is 0 Å². The standard InChI is InChI=1S/C15H14Cl2N5O2P/c1-10(23)15-13-5-11(21(2)12-6-18-8-19-7-12)3-4-14(13)22(20-15)9-25(16,17)24/h3-8H,9H2,1-2H3. The Morgan fingerprint density at radius 1 is 1.24 bits per heavy atom. The molecule has 0 spiro atoms. The molecular weight excluding hydrogens is 384 g/mol. The van der Waals surface area contributed by atoms with E-state index in [1.54, 1.807) is 18.5 Å². The van der Waals surface area contributed by atoms with E-state index in [0.29, 0.717) is 10.9 Å². The van der Waals surface area contributed by atoms with Crippen LogP contribution in [0, 0.1) is 0 Å². The molecule has 130 valence electrons. The van der Waals surface area contributed by atoms with Crippen molar-refractivity contribution in [3.8, 4) is 0 Å². The summed E-state index contributed by atoms with van der Waals surface area (Å²) in [7, 11) is 1.86. The number of nitrogens with zero attached hydrogens (tertiary/aromatic N) is 5. The summed E-state index contributed by atoms with van der Waals surface area (Å²) >= 11 is 11.3. The Morgan fingerprint density at radius 3 is 2.52 bits per heavy atom. The lowest BCUT2D eigenvalue weighted by atomic mass is 10.1. The molecule has 2 heterocycles. The summed E-state index contributed by atoms with van der Waals surface area (Å²) in [6.45, 7) is 1.43. The van der Waals surface area contributed by atoms with Gasteiger partial charge in [-0.3, -0.25) is 14.0 Å². The van der Waals surface area contributed by atoms with Crippen LogP contribution in [0.4, 0.5) is 11.4 Å². The molecule has 0 saturated heterocycles. The molecule has 0 unspecified atom stereocenters. The number of hydrogen-bond donors (Lipinski definition) is 0. The Morgan fingerprint density at radius 2 is 1.92 bits per heavy atom. The number of benzene rings is 1. The van der Waals surface area contributed by atoms with E-state index in [-0.39, 0.29) is 17.8 Å². The zero-order chi connectivity index (χ0) is 18.2. The van der Waals surface area contributed by atoms with Crippen molar-refractivity contribution in [1.29, 1.82) is 0 Å². The average molecular weight is 398 g/mol. The van der Waals surface area contributed by atoms with Gasteiger partial charge in [-0.05, 0) is 40.7 Å². The molecule has 10 heteroatoms. The lowest BCUT2D eigenvalue weighted by Crippen LogP contribution is -2.10. The van der Waals surface area contributed by atoms with E-state index in [0.717, 1.165) is 11.4 Å². The Hall–Kier alpha value is -1.95. The highest BCUT2D eigenvalue weighted by Gasteiger charge is 2.21. The van der Waals surface area contributed by atoms with E-state index in [1.165, 1.54) is 17.9 Å². The summed E-state index contributed by atoms with van der Waals surface area (Å²) in [5.74, 6) is -3.58. The first-order valence-electron chi connectivity index (χ1n) is 7.25. The zero-order valence-electron chi connectivity index (χ0n) is 13.4. The Labute approximate surface area is 153 Å². The highest BCUT2D eigenvalue weighted by molar-refractivity contribution is 8.07. The van der Waals surface area contributed by atoms with Crippen LogP contribution in [0.3, 0.4) is 0 Å². The number of ketones is 1. The Kier molecular flexibility index (Phi) is 4.82. The molecule has 1 aromatic carbocycles. The maximum atomic E-state index is 11.9. The lowest BCUT2D eigenvalue weighted by Gasteiger charge is -2.18. The number of carbonyl (C=O) groups excluding carboxylic acids is 1. The molecule has 2 aromatic heterocycles. The summed E-state index contributed by atoms with van der Waals surface area (Å²) in [6, 6.07) is 5.47. The quantitative estimate of drug-likeness (QED) is 0.467. The maximum Gasteiger partial charge on any atom is 0.273 e. The fourth-order valence-electron chi connectivity index (χ4n) is 2.51. The van der Waals surface area contributed by atoms with E-state index in [9.17, 15) is 9.36 Å². The van der Waals surface area contributed by atoms with Crippen molar-refractivity contribution in [3.05, 3.63) is 42.6 Å². The molecule has 0 fully saturated rings. The normalized spacial score (nSPS) is 11.7. The molecule has 0 aliphatic carbocycles. The molecule has 3 rings (SSSR count). The van der Waals surface area contributed by atoms with Gasteiger partial charge in [0.1, 0.15) is 18.3 Å². The predicted molar refractivity (Wildman–Crippen MR) is 99.1 cm³/mol. The van der Waals surface area contributed by atoms with Crippen LogP contribution in [0.1, 0.15) is 17.4 Å². The predicted octanol–water partition coefficient (Wildman–Crippen LogP) is 4.43. The van der Waals surface area contributed by atoms with Crippen molar-refractivity contribution >= 4 is 56.4 Å². The second-order valence-electron chi connectivity index (χ2n) is 5.47. The van der Waals surface area contributed by atoms with Crippen molar-refractivity contribution < 1.29 is 9.36 Å². The number of rotatable bonds is 5. The SMILES string of the molecule is CC(=O)c1nn(CP(=O)(Cl)Cl)c2ccc(N(C)c3cncnc3)cc12. The van der Waals surface area contributed by atoms with E-state index in [1.807, 2.05) is 24.1 Å². The summed E-state index contributed by atoms with van der Waals surface area (Å²) < 4.78 is 13.1. The van der Waals surface area contributed by atoms with Crippen molar-refractivity contribution in [1.82, 2.24) is 19.7 Å². The van der Waals surface area contributed by atoms with E-state index < -0.39 is 5.85 Å². The van der Waals surface area contributed by atoms with Crippen LogP contribution >= 0.6 is 28.3 Å². The molecule has 0 amide bonds. The fourth-order valence-corrected chi connectivity index (χ4v) is 3.65. The minimum atomic E-state index is -3.38. The Bertz CT molecular complexity index is 986. The lowest BCUT2D eigenvalue weighted by molar-refractivity contribution is 0.101. The van der Waals surface area contributed by atoms with Gasteiger partial charge in [-0.2, -0.15) is 5.10 Å². The third kappa shape index (κ3) is 3.84. The molecule has 0 aliphatic heterocycles. The minimum absolute atomic E-state index is 0.165. The monoisotopic (exact) mass is 397 g/mol. The second kappa shape index (κ2) is 6.75. The van der Waals surface area contributed by atoms with Gasteiger partial charge < -0.3 is 4.90 Å². The zero-order valence-corrected chi connectivity index (χ0v) is 15.8. The van der Waals surface area contributed by atoms with Crippen LogP contribution in [-0.4, -0.2) is 32.6 Å². The van der Waals surface area contributed by atoms with E-state index in [2.05, 4.69) is 15.1 Å². The molecule has 0 saturated carbocycles. The molecular formula is C15H14Cl2N5O2P. The van der Waals surface area contributed by atoms with Crippen LogP contribution in [0.25, 0.3) is 10.9 Å². The van der Waals surface area contributed by atoms with Crippen molar-refractivity contribution in [2.75, 3.05) is 11.9 Å². The third-order valence-corrected chi connectivity index (χ3v) is 4.93. The van der Waals surface area contributed by atoms with Crippen LogP contribution in [0.2, 0.25) is 0 Å². The summed E-state index contributed by atoms with van der Waals surface area (Å²) in [5, 5.41) is 4.86. The second-order valence-corrected chi connectivity index (χ2v) is 10.7. The first-order chi connectivity index (χ1) is 11.8. The first-order valence-corrected chi connectivity index (χ1v) is 10.9. The van der Waals surface area contributed by atoms with Gasteiger partial charge in [-0.25, -0.2) is 9.97 Å². The molecule has 0 atom stereocenters.